The first-order valence-corrected chi connectivity index (χ1v) is 8.56. The molecule has 1 amide bonds. The maximum atomic E-state index is 12.2. The zero-order valence-corrected chi connectivity index (χ0v) is 13.5. The number of carbonyl (C=O) groups excluding carboxylic acids is 1. The molecule has 2 fully saturated rings. The largest absolute Gasteiger partial charge is 0.352 e. The van der Waals surface area contributed by atoms with Gasteiger partial charge in [-0.2, -0.15) is 0 Å². The van der Waals surface area contributed by atoms with E-state index in [9.17, 15) is 4.79 Å². The van der Waals surface area contributed by atoms with Crippen molar-refractivity contribution in [2.24, 2.45) is 11.3 Å². The first-order valence-electron chi connectivity index (χ1n) is 8.56. The molecule has 2 rings (SSSR count). The van der Waals surface area contributed by atoms with Crippen molar-refractivity contribution in [1.82, 2.24) is 10.6 Å². The summed E-state index contributed by atoms with van der Waals surface area (Å²) in [6.45, 7) is 8.07. The van der Waals surface area contributed by atoms with Gasteiger partial charge in [0.15, 0.2) is 0 Å². The molecule has 1 atom stereocenters. The van der Waals surface area contributed by atoms with Gasteiger partial charge in [0.2, 0.25) is 5.91 Å². The Labute approximate surface area is 124 Å². The molecule has 0 bridgehead atoms. The standard InChI is InChI=1S/C17H32N2O/c1-4-17(2,3)13-8-10-14(11-9-13)19-16(20)15-7-5-6-12-18-15/h13-15,18H,4-12H2,1-3H3,(H,19,20)/t13?,14?,15-/m0/s1. The quantitative estimate of drug-likeness (QED) is 0.830. The van der Waals surface area contributed by atoms with Crippen molar-refractivity contribution in [3.8, 4) is 0 Å². The summed E-state index contributed by atoms with van der Waals surface area (Å²) in [4.78, 5) is 12.2. The van der Waals surface area contributed by atoms with Crippen molar-refractivity contribution < 1.29 is 4.79 Å². The lowest BCUT2D eigenvalue weighted by atomic mass is 9.69. The zero-order chi connectivity index (χ0) is 14.6. The summed E-state index contributed by atoms with van der Waals surface area (Å²) in [5.41, 5.74) is 0.458. The van der Waals surface area contributed by atoms with Crippen LogP contribution in [-0.4, -0.2) is 24.5 Å². The molecule has 0 aromatic carbocycles. The highest BCUT2D eigenvalue weighted by Gasteiger charge is 2.32. The molecule has 3 heteroatoms. The van der Waals surface area contributed by atoms with Crippen molar-refractivity contribution in [2.45, 2.75) is 84.2 Å². The predicted molar refractivity (Wildman–Crippen MR) is 83.6 cm³/mol. The minimum Gasteiger partial charge on any atom is -0.352 e. The van der Waals surface area contributed by atoms with Crippen LogP contribution >= 0.6 is 0 Å². The van der Waals surface area contributed by atoms with Gasteiger partial charge in [-0.05, 0) is 56.4 Å². The van der Waals surface area contributed by atoms with Crippen LogP contribution in [0.1, 0.15) is 72.1 Å². The van der Waals surface area contributed by atoms with E-state index in [2.05, 4.69) is 31.4 Å². The normalized spacial score (nSPS) is 31.9. The topological polar surface area (TPSA) is 41.1 Å². The third-order valence-electron chi connectivity index (χ3n) is 5.72. The van der Waals surface area contributed by atoms with Crippen LogP contribution in [-0.2, 0) is 4.79 Å². The van der Waals surface area contributed by atoms with Crippen LogP contribution in [0.3, 0.4) is 0 Å². The molecule has 3 nitrogen and oxygen atoms in total. The SMILES string of the molecule is CCC(C)(C)C1CCC(NC(=O)[C@@H]2CCCCN2)CC1. The van der Waals surface area contributed by atoms with Crippen molar-refractivity contribution >= 4 is 5.91 Å². The minimum atomic E-state index is 0.0635. The fraction of sp³-hybridized carbons (Fsp3) is 0.941. The van der Waals surface area contributed by atoms with Gasteiger partial charge in [-0.1, -0.05) is 33.6 Å². The van der Waals surface area contributed by atoms with Gasteiger partial charge in [0.05, 0.1) is 6.04 Å². The maximum Gasteiger partial charge on any atom is 0.237 e. The first kappa shape index (κ1) is 15.8. The summed E-state index contributed by atoms with van der Waals surface area (Å²) in [7, 11) is 0. The summed E-state index contributed by atoms with van der Waals surface area (Å²) in [5, 5.41) is 6.62. The van der Waals surface area contributed by atoms with Crippen molar-refractivity contribution in [3.05, 3.63) is 0 Å². The van der Waals surface area contributed by atoms with Gasteiger partial charge < -0.3 is 10.6 Å². The molecule has 0 aromatic rings. The Morgan fingerprint density at radius 2 is 1.85 bits per heavy atom. The predicted octanol–water partition coefficient (Wildman–Crippen LogP) is 3.24. The molecule has 2 N–H and O–H groups in total. The number of nitrogens with one attached hydrogen (secondary N) is 2. The van der Waals surface area contributed by atoms with E-state index in [-0.39, 0.29) is 11.9 Å². The summed E-state index contributed by atoms with van der Waals surface area (Å²) >= 11 is 0. The van der Waals surface area contributed by atoms with E-state index in [1.54, 1.807) is 0 Å². The Bertz CT molecular complexity index is 313. The van der Waals surface area contributed by atoms with Gasteiger partial charge in [-0.3, -0.25) is 4.79 Å². The van der Waals surface area contributed by atoms with E-state index in [1.807, 2.05) is 0 Å². The van der Waals surface area contributed by atoms with Crippen LogP contribution in [0.5, 0.6) is 0 Å². The molecular weight excluding hydrogens is 248 g/mol. The molecule has 2 aliphatic rings. The Hall–Kier alpha value is -0.570. The summed E-state index contributed by atoms with van der Waals surface area (Å²) in [6, 6.07) is 0.476. The van der Waals surface area contributed by atoms with Crippen molar-refractivity contribution in [2.75, 3.05) is 6.54 Å². The van der Waals surface area contributed by atoms with Crippen LogP contribution in [0.15, 0.2) is 0 Å². The van der Waals surface area contributed by atoms with E-state index in [1.165, 1.54) is 32.1 Å². The Balaban J connectivity index is 1.75. The van der Waals surface area contributed by atoms with E-state index >= 15 is 0 Å². The second-order valence-corrected chi connectivity index (χ2v) is 7.40. The number of rotatable bonds is 4. The molecule has 0 radical (unpaired) electrons. The molecule has 1 heterocycles. The van der Waals surface area contributed by atoms with Crippen LogP contribution in [0, 0.1) is 11.3 Å². The molecule has 0 unspecified atom stereocenters. The third-order valence-corrected chi connectivity index (χ3v) is 5.72. The Kier molecular flexibility index (Phi) is 5.48. The number of carbonyl (C=O) groups is 1. The fourth-order valence-corrected chi connectivity index (χ4v) is 3.69. The monoisotopic (exact) mass is 280 g/mol. The smallest absolute Gasteiger partial charge is 0.237 e. The highest BCUT2D eigenvalue weighted by Crippen LogP contribution is 2.40. The maximum absolute atomic E-state index is 12.2. The van der Waals surface area contributed by atoms with Crippen molar-refractivity contribution in [3.63, 3.8) is 0 Å². The second kappa shape index (κ2) is 6.93. The molecule has 1 saturated heterocycles. The van der Waals surface area contributed by atoms with E-state index in [4.69, 9.17) is 0 Å². The Morgan fingerprint density at radius 1 is 1.15 bits per heavy atom. The molecule has 0 aromatic heterocycles. The summed E-state index contributed by atoms with van der Waals surface area (Å²) < 4.78 is 0. The fourth-order valence-electron chi connectivity index (χ4n) is 3.69. The molecule has 20 heavy (non-hydrogen) atoms. The van der Waals surface area contributed by atoms with E-state index < -0.39 is 0 Å². The average molecular weight is 280 g/mol. The summed E-state index contributed by atoms with van der Waals surface area (Å²) in [5.74, 6) is 1.07. The van der Waals surface area contributed by atoms with Gasteiger partial charge in [-0.15, -0.1) is 0 Å². The first-order chi connectivity index (χ1) is 9.53. The van der Waals surface area contributed by atoms with Gasteiger partial charge >= 0.3 is 0 Å². The molecule has 0 spiro atoms. The molecule has 116 valence electrons. The Morgan fingerprint density at radius 3 is 2.40 bits per heavy atom. The van der Waals surface area contributed by atoms with Gasteiger partial charge in [-0.25, -0.2) is 0 Å². The zero-order valence-electron chi connectivity index (χ0n) is 13.5. The minimum absolute atomic E-state index is 0.0635. The molecular formula is C17H32N2O. The van der Waals surface area contributed by atoms with Crippen LogP contribution < -0.4 is 10.6 Å². The van der Waals surface area contributed by atoms with Gasteiger partial charge in [0.1, 0.15) is 0 Å². The van der Waals surface area contributed by atoms with Crippen LogP contribution in [0.25, 0.3) is 0 Å². The van der Waals surface area contributed by atoms with Crippen LogP contribution in [0.4, 0.5) is 0 Å². The van der Waals surface area contributed by atoms with Crippen LogP contribution in [0.2, 0.25) is 0 Å². The number of hydrogen-bond acceptors (Lipinski definition) is 2. The second-order valence-electron chi connectivity index (χ2n) is 7.40. The number of hydrogen-bond donors (Lipinski definition) is 2. The average Bonchev–Trinajstić information content (AvgIpc) is 2.48. The highest BCUT2D eigenvalue weighted by molar-refractivity contribution is 5.82. The van der Waals surface area contributed by atoms with Crippen molar-refractivity contribution in [1.29, 1.82) is 0 Å². The lowest BCUT2D eigenvalue weighted by Gasteiger charge is -2.39. The third kappa shape index (κ3) is 3.97. The van der Waals surface area contributed by atoms with E-state index in [0.29, 0.717) is 11.5 Å². The lowest BCUT2D eigenvalue weighted by Crippen LogP contribution is -2.50. The molecule has 1 saturated carbocycles. The molecule has 1 aliphatic heterocycles. The molecule has 1 aliphatic carbocycles. The summed E-state index contributed by atoms with van der Waals surface area (Å²) in [6.07, 6.45) is 9.50. The highest BCUT2D eigenvalue weighted by atomic mass is 16.2. The number of amides is 1. The van der Waals surface area contributed by atoms with E-state index in [0.717, 1.165) is 31.7 Å². The number of piperidine rings is 1. The lowest BCUT2D eigenvalue weighted by molar-refractivity contribution is -0.124. The van der Waals surface area contributed by atoms with Gasteiger partial charge in [0, 0.05) is 6.04 Å². The van der Waals surface area contributed by atoms with Gasteiger partial charge in [0.25, 0.3) is 0 Å².